The van der Waals surface area contributed by atoms with Crippen molar-refractivity contribution in [1.29, 1.82) is 0 Å². The maximum Gasteiger partial charge on any atom is 0.317 e. The van der Waals surface area contributed by atoms with Gasteiger partial charge in [0.05, 0.1) is 20.2 Å². The van der Waals surface area contributed by atoms with Crippen LogP contribution >= 0.6 is 0 Å². The minimum Gasteiger partial charge on any atom is -0.496 e. The summed E-state index contributed by atoms with van der Waals surface area (Å²) in [7, 11) is 1.58. The predicted octanol–water partition coefficient (Wildman–Crippen LogP) is 1.17. The minimum atomic E-state index is -0.981. The lowest BCUT2D eigenvalue weighted by atomic mass is 10.0. The zero-order chi connectivity index (χ0) is 13.7. The van der Waals surface area contributed by atoms with Gasteiger partial charge in [-0.1, -0.05) is 0 Å². The summed E-state index contributed by atoms with van der Waals surface area (Å²) in [5, 5.41) is 11.1. The quantitative estimate of drug-likeness (QED) is 0.742. The molecule has 0 aromatic heterocycles. The maximum absolute atomic E-state index is 11.9. The van der Waals surface area contributed by atoms with Crippen LogP contribution in [-0.2, 0) is 4.79 Å². The molecular formula is C13H17NO4. The number of aryl methyl sites for hydroxylation is 2. The van der Waals surface area contributed by atoms with Crippen LogP contribution in [0.1, 0.15) is 21.5 Å². The average Bonchev–Trinajstić information content (AvgIpc) is 2.30. The molecule has 0 radical (unpaired) electrons. The minimum absolute atomic E-state index is 0.0128. The second-order valence-corrected chi connectivity index (χ2v) is 4.06. The van der Waals surface area contributed by atoms with E-state index in [1.165, 1.54) is 0 Å². The van der Waals surface area contributed by atoms with Crippen molar-refractivity contribution in [2.75, 3.05) is 20.2 Å². The van der Waals surface area contributed by atoms with Crippen molar-refractivity contribution in [2.45, 2.75) is 13.8 Å². The molecule has 18 heavy (non-hydrogen) atoms. The molecule has 5 nitrogen and oxygen atoms in total. The number of hydrogen-bond donors (Lipinski definition) is 2. The van der Waals surface area contributed by atoms with E-state index in [1.807, 2.05) is 13.8 Å². The molecule has 0 aliphatic heterocycles. The van der Waals surface area contributed by atoms with E-state index in [0.717, 1.165) is 16.9 Å². The summed E-state index contributed by atoms with van der Waals surface area (Å²) in [5.74, 6) is -0.368. The number of carbonyl (C=O) groups is 2. The molecule has 0 fully saturated rings. The summed E-state index contributed by atoms with van der Waals surface area (Å²) < 4.78 is 5.17. The summed E-state index contributed by atoms with van der Waals surface area (Å²) >= 11 is 0. The highest BCUT2D eigenvalue weighted by Gasteiger charge is 2.12. The van der Waals surface area contributed by atoms with Gasteiger partial charge < -0.3 is 9.84 Å². The molecular weight excluding hydrogens is 234 g/mol. The molecule has 0 atom stereocenters. The Morgan fingerprint density at radius 2 is 1.89 bits per heavy atom. The third-order valence-corrected chi connectivity index (χ3v) is 2.60. The first kappa shape index (κ1) is 14.2. The Bertz CT molecular complexity index is 468. The fourth-order valence-electron chi connectivity index (χ4n) is 1.69. The van der Waals surface area contributed by atoms with E-state index >= 15 is 0 Å². The molecule has 2 N–H and O–H groups in total. The van der Waals surface area contributed by atoms with Gasteiger partial charge in [0.25, 0.3) is 0 Å². The van der Waals surface area contributed by atoms with E-state index in [1.54, 1.807) is 19.2 Å². The number of methoxy groups -OCH3 is 1. The first-order chi connectivity index (χ1) is 8.45. The fraction of sp³-hybridized carbons (Fsp3) is 0.385. The van der Waals surface area contributed by atoms with Crippen molar-refractivity contribution in [3.05, 3.63) is 28.8 Å². The Balaban J connectivity index is 2.80. The van der Waals surface area contributed by atoms with Gasteiger partial charge in [0, 0.05) is 5.56 Å². The molecule has 1 aromatic rings. The molecule has 1 aromatic carbocycles. The topological polar surface area (TPSA) is 75.6 Å². The number of Topliss-reactive ketones (excluding diaryl/α,β-unsaturated/α-hetero) is 1. The number of aliphatic carboxylic acids is 1. The van der Waals surface area contributed by atoms with Crippen LogP contribution in [0.4, 0.5) is 0 Å². The standard InChI is InChI=1S/C13H17NO4/c1-8-5-12(18-3)9(2)4-10(8)11(15)6-14-7-13(16)17/h4-5,14H,6-7H2,1-3H3,(H,16,17). The number of carbonyl (C=O) groups excluding carboxylic acids is 1. The number of carboxylic acid groups (broad SMARTS) is 1. The number of carboxylic acids is 1. The number of nitrogens with one attached hydrogen (secondary N) is 1. The first-order valence-electron chi connectivity index (χ1n) is 5.56. The van der Waals surface area contributed by atoms with Crippen LogP contribution in [0.25, 0.3) is 0 Å². The zero-order valence-electron chi connectivity index (χ0n) is 10.7. The Kier molecular flexibility index (Phi) is 4.85. The van der Waals surface area contributed by atoms with Crippen molar-refractivity contribution in [3.63, 3.8) is 0 Å². The Morgan fingerprint density at radius 1 is 1.22 bits per heavy atom. The third kappa shape index (κ3) is 3.56. The van der Waals surface area contributed by atoms with Gasteiger partial charge in [-0.05, 0) is 37.1 Å². The molecule has 0 saturated heterocycles. The van der Waals surface area contributed by atoms with Gasteiger partial charge in [-0.15, -0.1) is 0 Å². The van der Waals surface area contributed by atoms with E-state index in [-0.39, 0.29) is 18.9 Å². The van der Waals surface area contributed by atoms with Gasteiger partial charge in [0.2, 0.25) is 0 Å². The number of rotatable bonds is 6. The third-order valence-electron chi connectivity index (χ3n) is 2.60. The predicted molar refractivity (Wildman–Crippen MR) is 67.3 cm³/mol. The van der Waals surface area contributed by atoms with Crippen molar-refractivity contribution < 1.29 is 19.4 Å². The smallest absolute Gasteiger partial charge is 0.317 e. The maximum atomic E-state index is 11.9. The first-order valence-corrected chi connectivity index (χ1v) is 5.56. The van der Waals surface area contributed by atoms with Gasteiger partial charge in [0.15, 0.2) is 5.78 Å². The van der Waals surface area contributed by atoms with Crippen LogP contribution < -0.4 is 10.1 Å². The van der Waals surface area contributed by atoms with Crippen LogP contribution in [-0.4, -0.2) is 37.1 Å². The van der Waals surface area contributed by atoms with E-state index in [2.05, 4.69) is 5.32 Å². The molecule has 5 heteroatoms. The summed E-state index contributed by atoms with van der Waals surface area (Å²) in [6.45, 7) is 3.48. The number of hydrogen-bond acceptors (Lipinski definition) is 4. The normalized spacial score (nSPS) is 10.2. The van der Waals surface area contributed by atoms with Gasteiger partial charge in [-0.2, -0.15) is 0 Å². The van der Waals surface area contributed by atoms with Crippen molar-refractivity contribution in [2.24, 2.45) is 0 Å². The van der Waals surface area contributed by atoms with Crippen molar-refractivity contribution in [1.82, 2.24) is 5.32 Å². The number of ether oxygens (including phenoxy) is 1. The Morgan fingerprint density at radius 3 is 2.44 bits per heavy atom. The SMILES string of the molecule is COc1cc(C)c(C(=O)CNCC(=O)O)cc1C. The largest absolute Gasteiger partial charge is 0.496 e. The van der Waals surface area contributed by atoms with E-state index < -0.39 is 5.97 Å². The second-order valence-electron chi connectivity index (χ2n) is 4.06. The highest BCUT2D eigenvalue weighted by Crippen LogP contribution is 2.22. The Labute approximate surface area is 106 Å². The zero-order valence-corrected chi connectivity index (χ0v) is 10.7. The molecule has 0 aliphatic rings. The van der Waals surface area contributed by atoms with E-state index in [9.17, 15) is 9.59 Å². The van der Waals surface area contributed by atoms with Crippen LogP contribution in [0.15, 0.2) is 12.1 Å². The van der Waals surface area contributed by atoms with Gasteiger partial charge in [-0.3, -0.25) is 14.9 Å². The molecule has 0 saturated carbocycles. The molecule has 0 amide bonds. The molecule has 0 spiro atoms. The van der Waals surface area contributed by atoms with E-state index in [4.69, 9.17) is 9.84 Å². The molecule has 0 heterocycles. The monoisotopic (exact) mass is 251 g/mol. The Hall–Kier alpha value is -1.88. The summed E-state index contributed by atoms with van der Waals surface area (Å²) in [6, 6.07) is 3.57. The average molecular weight is 251 g/mol. The summed E-state index contributed by atoms with van der Waals surface area (Å²) in [5.41, 5.74) is 2.29. The fourth-order valence-corrected chi connectivity index (χ4v) is 1.69. The van der Waals surface area contributed by atoms with Crippen LogP contribution in [0.2, 0.25) is 0 Å². The van der Waals surface area contributed by atoms with Crippen molar-refractivity contribution in [3.8, 4) is 5.75 Å². The number of benzene rings is 1. The second kappa shape index (κ2) is 6.16. The van der Waals surface area contributed by atoms with Gasteiger partial charge in [0.1, 0.15) is 5.75 Å². The summed E-state index contributed by atoms with van der Waals surface area (Å²) in [4.78, 5) is 22.2. The lowest BCUT2D eigenvalue weighted by molar-refractivity contribution is -0.135. The van der Waals surface area contributed by atoms with Crippen molar-refractivity contribution >= 4 is 11.8 Å². The molecule has 0 unspecified atom stereocenters. The molecule has 0 bridgehead atoms. The highest BCUT2D eigenvalue weighted by atomic mass is 16.5. The molecule has 0 aliphatic carbocycles. The highest BCUT2D eigenvalue weighted by molar-refractivity contribution is 5.99. The van der Waals surface area contributed by atoms with Crippen LogP contribution in [0, 0.1) is 13.8 Å². The number of ketones is 1. The van der Waals surface area contributed by atoms with E-state index in [0.29, 0.717) is 5.56 Å². The lowest BCUT2D eigenvalue weighted by Crippen LogP contribution is -2.28. The van der Waals surface area contributed by atoms with Gasteiger partial charge >= 0.3 is 5.97 Å². The summed E-state index contributed by atoms with van der Waals surface area (Å²) in [6.07, 6.45) is 0. The van der Waals surface area contributed by atoms with Crippen LogP contribution in [0.5, 0.6) is 5.75 Å². The van der Waals surface area contributed by atoms with Gasteiger partial charge in [-0.25, -0.2) is 0 Å². The molecule has 1 rings (SSSR count). The molecule has 98 valence electrons. The van der Waals surface area contributed by atoms with Crippen LogP contribution in [0.3, 0.4) is 0 Å². The lowest BCUT2D eigenvalue weighted by Gasteiger charge is -2.10.